The van der Waals surface area contributed by atoms with Crippen LogP contribution in [0.2, 0.25) is 0 Å². The molecule has 2 amide bonds. The van der Waals surface area contributed by atoms with Crippen LogP contribution in [0.1, 0.15) is 56.0 Å². The smallest absolute Gasteiger partial charge is 0.410 e. The van der Waals surface area contributed by atoms with E-state index in [9.17, 15) is 9.59 Å². The summed E-state index contributed by atoms with van der Waals surface area (Å²) in [5.74, 6) is -0.237. The minimum atomic E-state index is -0.571. The van der Waals surface area contributed by atoms with Gasteiger partial charge in [0.25, 0.3) is 0 Å². The van der Waals surface area contributed by atoms with Crippen molar-refractivity contribution in [1.29, 1.82) is 0 Å². The molecule has 8 heteroatoms. The molecule has 0 bridgehead atoms. The third kappa shape index (κ3) is 6.16. The van der Waals surface area contributed by atoms with Crippen LogP contribution in [0.25, 0.3) is 0 Å². The van der Waals surface area contributed by atoms with Gasteiger partial charge in [-0.05, 0) is 57.7 Å². The highest BCUT2D eigenvalue weighted by atomic mass is 16.6. The van der Waals surface area contributed by atoms with Crippen LogP contribution in [-0.4, -0.2) is 40.9 Å². The summed E-state index contributed by atoms with van der Waals surface area (Å²) < 4.78 is 5.46. The molecule has 27 heavy (non-hydrogen) atoms. The zero-order valence-electron chi connectivity index (χ0n) is 16.1. The molecule has 1 saturated heterocycles. The van der Waals surface area contributed by atoms with Crippen molar-refractivity contribution < 1.29 is 19.2 Å². The van der Waals surface area contributed by atoms with Crippen LogP contribution >= 0.6 is 0 Å². The van der Waals surface area contributed by atoms with Gasteiger partial charge in [0, 0.05) is 12.1 Å². The van der Waals surface area contributed by atoms with Crippen LogP contribution in [0.3, 0.4) is 0 Å². The van der Waals surface area contributed by atoms with Crippen LogP contribution in [-0.2, 0) is 16.2 Å². The molecule has 0 aliphatic carbocycles. The lowest BCUT2D eigenvalue weighted by atomic mass is 10.0. The fourth-order valence-electron chi connectivity index (χ4n) is 2.79. The largest absolute Gasteiger partial charge is 0.444 e. The van der Waals surface area contributed by atoms with Crippen molar-refractivity contribution in [2.45, 2.75) is 58.3 Å². The molecule has 1 heterocycles. The Morgan fingerprint density at radius 2 is 1.85 bits per heavy atom. The maximum Gasteiger partial charge on any atom is 0.410 e. The molecule has 1 aliphatic heterocycles. The molecule has 4 N–H and O–H groups in total. The topological polar surface area (TPSA) is 120 Å². The van der Waals surface area contributed by atoms with Crippen LogP contribution in [0.4, 0.5) is 4.79 Å². The van der Waals surface area contributed by atoms with Gasteiger partial charge in [0.05, 0.1) is 6.04 Å². The van der Waals surface area contributed by atoms with Crippen LogP contribution < -0.4 is 11.5 Å². The number of oxime groups is 1. The molecule has 8 nitrogen and oxygen atoms in total. The van der Waals surface area contributed by atoms with Crippen molar-refractivity contribution >= 4 is 17.8 Å². The number of nitrogens with zero attached hydrogens (tertiary/aromatic N) is 2. The van der Waals surface area contributed by atoms with E-state index < -0.39 is 17.6 Å². The van der Waals surface area contributed by atoms with Gasteiger partial charge in [-0.1, -0.05) is 17.3 Å². The summed E-state index contributed by atoms with van der Waals surface area (Å²) in [6, 6.07) is 6.38. The van der Waals surface area contributed by atoms with Crippen molar-refractivity contribution in [3.63, 3.8) is 0 Å². The quantitative estimate of drug-likeness (QED) is 0.464. The number of nitrogens with two attached hydrogens (primary N) is 2. The molecule has 2 rings (SSSR count). The normalized spacial score (nSPS) is 18.1. The van der Waals surface area contributed by atoms with E-state index in [1.54, 1.807) is 29.2 Å². The van der Waals surface area contributed by atoms with Gasteiger partial charge in [-0.3, -0.25) is 9.69 Å². The van der Waals surface area contributed by atoms with E-state index in [1.807, 2.05) is 20.8 Å². The lowest BCUT2D eigenvalue weighted by Crippen LogP contribution is -2.52. The van der Waals surface area contributed by atoms with E-state index in [-0.39, 0.29) is 18.5 Å². The van der Waals surface area contributed by atoms with Crippen molar-refractivity contribution in [3.8, 4) is 0 Å². The van der Waals surface area contributed by atoms with E-state index >= 15 is 0 Å². The molecule has 1 aliphatic rings. The lowest BCUT2D eigenvalue weighted by molar-refractivity contribution is 0.0160. The third-order valence-electron chi connectivity index (χ3n) is 4.11. The van der Waals surface area contributed by atoms with E-state index in [0.717, 1.165) is 18.4 Å². The maximum atomic E-state index is 12.4. The highest BCUT2D eigenvalue weighted by Crippen LogP contribution is 2.20. The van der Waals surface area contributed by atoms with E-state index in [0.29, 0.717) is 18.5 Å². The number of amidine groups is 1. The van der Waals surface area contributed by atoms with Gasteiger partial charge in [0.2, 0.25) is 5.91 Å². The first-order valence-corrected chi connectivity index (χ1v) is 9.01. The van der Waals surface area contributed by atoms with Gasteiger partial charge in [0.15, 0.2) is 5.84 Å². The number of carbonyl (C=O) groups excluding carboxylic acids is 2. The molecular weight excluding hydrogens is 348 g/mol. The zero-order chi connectivity index (χ0) is 20.0. The van der Waals surface area contributed by atoms with Crippen molar-refractivity contribution in [2.24, 2.45) is 16.6 Å². The summed E-state index contributed by atoms with van der Waals surface area (Å²) >= 11 is 0. The predicted octanol–water partition coefficient (Wildman–Crippen LogP) is 2.36. The van der Waals surface area contributed by atoms with Gasteiger partial charge < -0.3 is 21.0 Å². The zero-order valence-corrected chi connectivity index (χ0v) is 16.1. The number of hydrogen-bond donors (Lipinski definition) is 2. The predicted molar refractivity (Wildman–Crippen MR) is 102 cm³/mol. The Hall–Kier alpha value is -2.77. The monoisotopic (exact) mass is 376 g/mol. The second-order valence-corrected chi connectivity index (χ2v) is 7.54. The third-order valence-corrected chi connectivity index (χ3v) is 4.11. The molecule has 0 aromatic heterocycles. The number of amides is 2. The molecule has 148 valence electrons. The molecule has 0 spiro atoms. The summed E-state index contributed by atoms with van der Waals surface area (Å²) in [6.45, 7) is 6.25. The first-order valence-electron chi connectivity index (χ1n) is 9.01. The summed E-state index contributed by atoms with van der Waals surface area (Å²) in [5.41, 5.74) is 12.0. The second-order valence-electron chi connectivity index (χ2n) is 7.54. The number of likely N-dealkylation sites (tertiary alicyclic amines) is 1. The van der Waals surface area contributed by atoms with Crippen LogP contribution in [0.15, 0.2) is 29.4 Å². The maximum absolute atomic E-state index is 12.4. The molecule has 1 aromatic rings. The standard InChI is InChI=1S/C19H28N4O4/c1-19(2,3)27-18(25)23-11-5-4-6-15(23)16(20)22-26-12-13-7-9-14(10-8-13)17(21)24/h7-10,15H,4-6,11-12H2,1-3H3,(H2,20,22)(H2,21,24). The van der Waals surface area contributed by atoms with Crippen molar-refractivity contribution in [2.75, 3.05) is 6.54 Å². The van der Waals surface area contributed by atoms with Crippen LogP contribution in [0.5, 0.6) is 0 Å². The highest BCUT2D eigenvalue weighted by Gasteiger charge is 2.33. The Labute approximate surface area is 159 Å². The molecular formula is C19H28N4O4. The van der Waals surface area contributed by atoms with Crippen molar-refractivity contribution in [1.82, 2.24) is 4.90 Å². The lowest BCUT2D eigenvalue weighted by Gasteiger charge is -2.36. The number of benzene rings is 1. The van der Waals surface area contributed by atoms with Gasteiger partial charge in [0.1, 0.15) is 12.2 Å². The van der Waals surface area contributed by atoms with Gasteiger partial charge in [-0.15, -0.1) is 0 Å². The molecule has 0 saturated carbocycles. The number of rotatable bonds is 5. The van der Waals surface area contributed by atoms with E-state index in [2.05, 4.69) is 5.16 Å². The van der Waals surface area contributed by atoms with Gasteiger partial charge in [-0.2, -0.15) is 0 Å². The first-order chi connectivity index (χ1) is 12.7. The van der Waals surface area contributed by atoms with E-state index in [1.165, 1.54) is 0 Å². The van der Waals surface area contributed by atoms with Gasteiger partial charge >= 0.3 is 6.09 Å². The summed E-state index contributed by atoms with van der Waals surface area (Å²) in [5, 5.41) is 3.98. The fraction of sp³-hybridized carbons (Fsp3) is 0.526. The minimum Gasteiger partial charge on any atom is -0.444 e. The minimum absolute atomic E-state index is 0.193. The summed E-state index contributed by atoms with van der Waals surface area (Å²) in [6.07, 6.45) is 2.17. The van der Waals surface area contributed by atoms with Crippen molar-refractivity contribution in [3.05, 3.63) is 35.4 Å². The van der Waals surface area contributed by atoms with E-state index in [4.69, 9.17) is 21.0 Å². The Balaban J connectivity index is 1.97. The number of primary amides is 1. The number of ether oxygens (including phenoxy) is 1. The number of piperidine rings is 1. The molecule has 1 aromatic carbocycles. The molecule has 1 unspecified atom stereocenters. The molecule has 0 radical (unpaired) electrons. The van der Waals surface area contributed by atoms with Gasteiger partial charge in [-0.25, -0.2) is 4.79 Å². The highest BCUT2D eigenvalue weighted by molar-refractivity contribution is 5.92. The Bertz CT molecular complexity index is 695. The first kappa shape index (κ1) is 20.5. The molecule has 1 fully saturated rings. The number of hydrogen-bond acceptors (Lipinski definition) is 5. The Kier molecular flexibility index (Phi) is 6.65. The Morgan fingerprint density at radius 1 is 1.19 bits per heavy atom. The average Bonchev–Trinajstić information content (AvgIpc) is 2.60. The summed E-state index contributed by atoms with van der Waals surface area (Å²) in [7, 11) is 0. The van der Waals surface area contributed by atoms with Crippen LogP contribution in [0, 0.1) is 0 Å². The molecule has 1 atom stereocenters. The Morgan fingerprint density at radius 3 is 2.44 bits per heavy atom. The number of carbonyl (C=O) groups is 2. The fourth-order valence-corrected chi connectivity index (χ4v) is 2.79. The SMILES string of the molecule is CC(C)(C)OC(=O)N1CCCCC1C(N)=NOCc1ccc(C(N)=O)cc1. The second kappa shape index (κ2) is 8.75. The average molecular weight is 376 g/mol. The summed E-state index contributed by atoms with van der Waals surface area (Å²) in [4.78, 5) is 30.4.